The Morgan fingerprint density at radius 3 is 2.13 bits per heavy atom. The van der Waals surface area contributed by atoms with Gasteiger partial charge >= 0.3 is 0 Å². The van der Waals surface area contributed by atoms with Crippen LogP contribution in [0.2, 0.25) is 0 Å². The minimum absolute atomic E-state index is 0.0483. The van der Waals surface area contributed by atoms with Crippen molar-refractivity contribution in [3.05, 3.63) is 0 Å². The number of unbranched alkanes of at least 4 members (excludes halogenated alkanes) is 2. The summed E-state index contributed by atoms with van der Waals surface area (Å²) in [7, 11) is 4.68. The number of hydrogen-bond acceptors (Lipinski definition) is 7. The highest BCUT2D eigenvalue weighted by Gasteiger charge is 2.34. The first kappa shape index (κ1) is 36.8. The second-order valence-corrected chi connectivity index (χ2v) is 11.0. The number of likely N-dealkylation sites (N-methyl/N-ethyl adjacent to an activating group) is 2. The summed E-state index contributed by atoms with van der Waals surface area (Å²) in [4.78, 5) is 53.3. The predicted molar refractivity (Wildman–Crippen MR) is 153 cm³/mol. The molecule has 0 rings (SSSR count). The SMILES string of the molecule is CC[C@H](NC(=O)C[C@H](O)[C@H](C)CCCCCNCCOC)C(=O)N(C)[C@H](C)C(=O)N(C)[C@@H](CC(C)C)C(N)=O. The van der Waals surface area contributed by atoms with E-state index in [-0.39, 0.29) is 18.3 Å². The van der Waals surface area contributed by atoms with E-state index in [4.69, 9.17) is 10.5 Å². The molecule has 4 amide bonds. The molecule has 0 aromatic heterocycles. The van der Waals surface area contributed by atoms with Gasteiger partial charge in [-0.05, 0) is 51.0 Å². The van der Waals surface area contributed by atoms with Crippen LogP contribution in [-0.2, 0) is 23.9 Å². The highest BCUT2D eigenvalue weighted by atomic mass is 16.5. The number of rotatable bonds is 21. The smallest absolute Gasteiger partial charge is 0.245 e. The number of ether oxygens (including phenoxy) is 1. The molecular weight excluding hydrogens is 502 g/mol. The van der Waals surface area contributed by atoms with Crippen LogP contribution >= 0.6 is 0 Å². The summed E-state index contributed by atoms with van der Waals surface area (Å²) in [5.74, 6) is -1.73. The molecule has 0 radical (unpaired) electrons. The second kappa shape index (κ2) is 19.8. The van der Waals surface area contributed by atoms with Crippen molar-refractivity contribution < 1.29 is 29.0 Å². The largest absolute Gasteiger partial charge is 0.392 e. The highest BCUT2D eigenvalue weighted by Crippen LogP contribution is 2.17. The van der Waals surface area contributed by atoms with Crippen molar-refractivity contribution in [1.29, 1.82) is 0 Å². The van der Waals surface area contributed by atoms with Crippen LogP contribution in [0.4, 0.5) is 0 Å². The Hall–Kier alpha value is -2.24. The molecule has 0 aliphatic heterocycles. The highest BCUT2D eigenvalue weighted by molar-refractivity contribution is 5.93. The molecule has 0 aliphatic carbocycles. The number of amides is 4. The summed E-state index contributed by atoms with van der Waals surface area (Å²) >= 11 is 0. The van der Waals surface area contributed by atoms with Gasteiger partial charge in [0.25, 0.3) is 0 Å². The first-order valence-electron chi connectivity index (χ1n) is 14.3. The Kier molecular flexibility index (Phi) is 18.6. The molecule has 11 heteroatoms. The lowest BCUT2D eigenvalue weighted by Crippen LogP contribution is -2.56. The van der Waals surface area contributed by atoms with Gasteiger partial charge in [-0.1, -0.05) is 40.5 Å². The third kappa shape index (κ3) is 14.1. The topological polar surface area (TPSA) is 154 Å². The van der Waals surface area contributed by atoms with E-state index in [1.807, 2.05) is 20.8 Å². The molecule has 0 unspecified atom stereocenters. The van der Waals surface area contributed by atoms with Gasteiger partial charge in [0.1, 0.15) is 18.1 Å². The van der Waals surface area contributed by atoms with Gasteiger partial charge in [0.2, 0.25) is 23.6 Å². The van der Waals surface area contributed by atoms with E-state index >= 15 is 0 Å². The summed E-state index contributed by atoms with van der Waals surface area (Å²) in [5.41, 5.74) is 5.52. The van der Waals surface area contributed by atoms with Crippen LogP contribution in [0.15, 0.2) is 0 Å². The maximum Gasteiger partial charge on any atom is 0.245 e. The molecule has 0 aromatic rings. The number of primary amides is 1. The molecule has 0 aliphatic rings. The van der Waals surface area contributed by atoms with Gasteiger partial charge in [-0.3, -0.25) is 19.2 Å². The van der Waals surface area contributed by atoms with Gasteiger partial charge in [-0.15, -0.1) is 0 Å². The van der Waals surface area contributed by atoms with Crippen molar-refractivity contribution in [2.75, 3.05) is 40.9 Å². The summed E-state index contributed by atoms with van der Waals surface area (Å²) in [6.07, 6.45) is 3.68. The van der Waals surface area contributed by atoms with Gasteiger partial charge in [-0.2, -0.15) is 0 Å². The number of nitrogens with one attached hydrogen (secondary N) is 2. The van der Waals surface area contributed by atoms with Crippen molar-refractivity contribution in [1.82, 2.24) is 20.4 Å². The number of hydrogen-bond donors (Lipinski definition) is 4. The molecular formula is C28H55N5O6. The molecule has 0 heterocycles. The number of aliphatic hydroxyl groups is 1. The van der Waals surface area contributed by atoms with Crippen molar-refractivity contribution in [2.45, 2.75) is 104 Å². The van der Waals surface area contributed by atoms with Crippen LogP contribution in [0, 0.1) is 11.8 Å². The molecule has 5 N–H and O–H groups in total. The van der Waals surface area contributed by atoms with Crippen molar-refractivity contribution in [3.63, 3.8) is 0 Å². The van der Waals surface area contributed by atoms with Crippen molar-refractivity contribution in [3.8, 4) is 0 Å². The first-order chi connectivity index (χ1) is 18.3. The zero-order chi connectivity index (χ0) is 30.1. The third-order valence-electron chi connectivity index (χ3n) is 7.21. The van der Waals surface area contributed by atoms with Crippen molar-refractivity contribution >= 4 is 23.6 Å². The van der Waals surface area contributed by atoms with E-state index in [2.05, 4.69) is 10.6 Å². The summed E-state index contributed by atoms with van der Waals surface area (Å²) in [6.45, 7) is 11.6. The average Bonchev–Trinajstić information content (AvgIpc) is 2.89. The predicted octanol–water partition coefficient (Wildman–Crippen LogP) is 1.27. The number of nitrogens with two attached hydrogens (primary N) is 1. The molecule has 0 bridgehead atoms. The molecule has 39 heavy (non-hydrogen) atoms. The third-order valence-corrected chi connectivity index (χ3v) is 7.21. The van der Waals surface area contributed by atoms with Gasteiger partial charge in [-0.25, -0.2) is 0 Å². The fourth-order valence-corrected chi connectivity index (χ4v) is 4.33. The number of methoxy groups -OCH3 is 1. The second-order valence-electron chi connectivity index (χ2n) is 11.0. The first-order valence-corrected chi connectivity index (χ1v) is 14.3. The average molecular weight is 558 g/mol. The van der Waals surface area contributed by atoms with Crippen LogP contribution in [0.1, 0.15) is 79.6 Å². The summed E-state index contributed by atoms with van der Waals surface area (Å²) in [5, 5.41) is 16.5. The molecule has 0 saturated carbocycles. The molecule has 0 fully saturated rings. The molecule has 0 saturated heterocycles. The number of carbonyl (C=O) groups excluding carboxylic acids is 4. The van der Waals surface area contributed by atoms with Crippen LogP contribution in [-0.4, -0.2) is 104 Å². The Morgan fingerprint density at radius 2 is 1.59 bits per heavy atom. The van der Waals surface area contributed by atoms with Crippen LogP contribution in [0.5, 0.6) is 0 Å². The summed E-state index contributed by atoms with van der Waals surface area (Å²) < 4.78 is 5.00. The van der Waals surface area contributed by atoms with E-state index in [0.29, 0.717) is 19.4 Å². The van der Waals surface area contributed by atoms with Crippen LogP contribution < -0.4 is 16.4 Å². The standard InChI is InChI=1S/C28H55N5O6/c1-9-22(28(38)32(6)21(5)27(37)33(7)23(26(29)36)17-19(2)3)31-25(35)18-24(34)20(4)13-11-10-12-14-30-15-16-39-8/h19-24,30,34H,9-18H2,1-8H3,(H2,29,36)(H,31,35)/t20-,21-,22+,23+,24+/m1/s1. The molecule has 0 aromatic carbocycles. The Labute approximate surface area is 235 Å². The molecule has 0 spiro atoms. The maximum absolute atomic E-state index is 13.1. The normalized spacial score (nSPS) is 15.2. The maximum atomic E-state index is 13.1. The van der Waals surface area contributed by atoms with Crippen LogP contribution in [0.3, 0.4) is 0 Å². The molecule has 5 atom stereocenters. The Morgan fingerprint density at radius 1 is 0.949 bits per heavy atom. The number of aliphatic hydroxyl groups excluding tert-OH is 1. The zero-order valence-electron chi connectivity index (χ0n) is 25.5. The lowest BCUT2D eigenvalue weighted by Gasteiger charge is -2.34. The van der Waals surface area contributed by atoms with E-state index < -0.39 is 47.9 Å². The quantitative estimate of drug-likeness (QED) is 0.155. The van der Waals surface area contributed by atoms with E-state index in [1.54, 1.807) is 21.0 Å². The van der Waals surface area contributed by atoms with E-state index in [9.17, 15) is 24.3 Å². The van der Waals surface area contributed by atoms with Gasteiger partial charge in [0, 0.05) is 27.7 Å². The number of nitrogens with zero attached hydrogens (tertiary/aromatic N) is 2. The lowest BCUT2D eigenvalue weighted by molar-refractivity contribution is -0.148. The number of carbonyl (C=O) groups is 4. The Balaban J connectivity index is 4.81. The summed E-state index contributed by atoms with van der Waals surface area (Å²) in [6, 6.07) is -2.46. The fraction of sp³-hybridized carbons (Fsp3) is 0.857. The minimum atomic E-state index is -0.858. The van der Waals surface area contributed by atoms with E-state index in [1.165, 1.54) is 23.9 Å². The molecule has 11 nitrogen and oxygen atoms in total. The monoisotopic (exact) mass is 557 g/mol. The molecule has 228 valence electrons. The van der Waals surface area contributed by atoms with E-state index in [0.717, 1.165) is 38.8 Å². The van der Waals surface area contributed by atoms with Crippen LogP contribution in [0.25, 0.3) is 0 Å². The zero-order valence-corrected chi connectivity index (χ0v) is 25.5. The van der Waals surface area contributed by atoms with Gasteiger partial charge in [0.05, 0.1) is 19.1 Å². The Bertz CT molecular complexity index is 750. The van der Waals surface area contributed by atoms with Gasteiger partial charge < -0.3 is 36.0 Å². The minimum Gasteiger partial charge on any atom is -0.392 e. The van der Waals surface area contributed by atoms with Crippen molar-refractivity contribution in [2.24, 2.45) is 17.6 Å². The van der Waals surface area contributed by atoms with Gasteiger partial charge in [0.15, 0.2) is 0 Å². The fourth-order valence-electron chi connectivity index (χ4n) is 4.33. The lowest BCUT2D eigenvalue weighted by atomic mass is 9.95.